The van der Waals surface area contributed by atoms with Crippen molar-refractivity contribution in [3.05, 3.63) is 35.9 Å². The molecule has 1 heteroatoms. The minimum Gasteiger partial charge on any atom is -0.393 e. The first-order chi connectivity index (χ1) is 7.24. The Labute approximate surface area is 93.1 Å². The molecule has 0 aliphatic rings. The van der Waals surface area contributed by atoms with Crippen LogP contribution in [-0.2, 0) is 6.42 Å². The molecule has 0 aliphatic heterocycles. The van der Waals surface area contributed by atoms with Gasteiger partial charge in [-0.2, -0.15) is 0 Å². The Kier molecular flexibility index (Phi) is 5.41. The van der Waals surface area contributed by atoms with Crippen LogP contribution in [0.5, 0.6) is 0 Å². The summed E-state index contributed by atoms with van der Waals surface area (Å²) in [6, 6.07) is 10.4. The van der Waals surface area contributed by atoms with Crippen LogP contribution >= 0.6 is 0 Å². The molecule has 1 aromatic rings. The van der Waals surface area contributed by atoms with E-state index in [-0.39, 0.29) is 6.10 Å². The molecule has 84 valence electrons. The lowest BCUT2D eigenvalue weighted by atomic mass is 9.94. The third kappa shape index (κ3) is 4.48. The van der Waals surface area contributed by atoms with Crippen LogP contribution in [0.1, 0.15) is 38.7 Å². The van der Waals surface area contributed by atoms with Crippen LogP contribution in [0.4, 0.5) is 0 Å². The lowest BCUT2D eigenvalue weighted by Crippen LogP contribution is -2.18. The smallest absolute Gasteiger partial charge is 0.0568 e. The standard InChI is InChI=1S/C14H22O/c1-3-7-12(2)14(15)11-10-13-8-5-4-6-9-13/h4-6,8-9,12,14-15H,3,7,10-11H2,1-2H3. The molecule has 0 aliphatic carbocycles. The van der Waals surface area contributed by atoms with Gasteiger partial charge in [-0.25, -0.2) is 0 Å². The van der Waals surface area contributed by atoms with Crippen molar-refractivity contribution in [1.29, 1.82) is 0 Å². The molecule has 2 atom stereocenters. The van der Waals surface area contributed by atoms with E-state index >= 15 is 0 Å². The van der Waals surface area contributed by atoms with Crippen molar-refractivity contribution < 1.29 is 5.11 Å². The second kappa shape index (κ2) is 6.62. The summed E-state index contributed by atoms with van der Waals surface area (Å²) in [6.45, 7) is 4.31. The van der Waals surface area contributed by atoms with E-state index in [2.05, 4.69) is 38.1 Å². The lowest BCUT2D eigenvalue weighted by molar-refractivity contribution is 0.103. The molecule has 0 radical (unpaired) electrons. The van der Waals surface area contributed by atoms with Gasteiger partial charge in [-0.05, 0) is 30.7 Å². The Hall–Kier alpha value is -0.820. The van der Waals surface area contributed by atoms with E-state index in [1.807, 2.05) is 6.07 Å². The van der Waals surface area contributed by atoms with Gasteiger partial charge in [0.25, 0.3) is 0 Å². The molecule has 1 rings (SSSR count). The fourth-order valence-electron chi connectivity index (χ4n) is 1.89. The highest BCUT2D eigenvalue weighted by atomic mass is 16.3. The van der Waals surface area contributed by atoms with Crippen molar-refractivity contribution in [3.8, 4) is 0 Å². The molecule has 0 saturated carbocycles. The molecule has 0 aromatic heterocycles. The van der Waals surface area contributed by atoms with Crippen molar-refractivity contribution in [3.63, 3.8) is 0 Å². The molecule has 0 heterocycles. The highest BCUT2D eigenvalue weighted by molar-refractivity contribution is 5.14. The van der Waals surface area contributed by atoms with Gasteiger partial charge < -0.3 is 5.11 Å². The van der Waals surface area contributed by atoms with Crippen LogP contribution in [0, 0.1) is 5.92 Å². The van der Waals surface area contributed by atoms with Gasteiger partial charge >= 0.3 is 0 Å². The average Bonchev–Trinajstić information content (AvgIpc) is 2.27. The summed E-state index contributed by atoms with van der Waals surface area (Å²) in [4.78, 5) is 0. The predicted octanol–water partition coefficient (Wildman–Crippen LogP) is 3.42. The van der Waals surface area contributed by atoms with Gasteiger partial charge in [0, 0.05) is 0 Å². The molecule has 0 saturated heterocycles. The Morgan fingerprint density at radius 3 is 2.40 bits per heavy atom. The molecule has 1 aromatic carbocycles. The van der Waals surface area contributed by atoms with E-state index in [9.17, 15) is 5.11 Å². The molecular weight excluding hydrogens is 184 g/mol. The number of rotatable bonds is 6. The van der Waals surface area contributed by atoms with Crippen LogP contribution in [0.25, 0.3) is 0 Å². The number of benzene rings is 1. The quantitative estimate of drug-likeness (QED) is 0.756. The van der Waals surface area contributed by atoms with Crippen LogP contribution in [0.2, 0.25) is 0 Å². The number of aryl methyl sites for hydroxylation is 1. The largest absolute Gasteiger partial charge is 0.393 e. The molecule has 1 nitrogen and oxygen atoms in total. The normalized spacial score (nSPS) is 14.9. The van der Waals surface area contributed by atoms with Gasteiger partial charge in [0.15, 0.2) is 0 Å². The molecule has 15 heavy (non-hydrogen) atoms. The lowest BCUT2D eigenvalue weighted by Gasteiger charge is -2.17. The highest BCUT2D eigenvalue weighted by Crippen LogP contribution is 2.15. The van der Waals surface area contributed by atoms with Crippen molar-refractivity contribution >= 4 is 0 Å². The first-order valence-corrected chi connectivity index (χ1v) is 5.96. The maximum atomic E-state index is 9.91. The molecule has 0 bridgehead atoms. The second-order valence-corrected chi connectivity index (χ2v) is 4.36. The molecular formula is C14H22O. The number of aliphatic hydroxyl groups is 1. The minimum atomic E-state index is -0.148. The summed E-state index contributed by atoms with van der Waals surface area (Å²) >= 11 is 0. The summed E-state index contributed by atoms with van der Waals surface area (Å²) in [6.07, 6.45) is 3.99. The molecule has 0 fully saturated rings. The van der Waals surface area contributed by atoms with Crippen LogP contribution in [-0.4, -0.2) is 11.2 Å². The van der Waals surface area contributed by atoms with E-state index < -0.39 is 0 Å². The first kappa shape index (κ1) is 12.3. The molecule has 2 unspecified atom stereocenters. The van der Waals surface area contributed by atoms with Gasteiger partial charge in [-0.1, -0.05) is 50.6 Å². The molecule has 1 N–H and O–H groups in total. The van der Waals surface area contributed by atoms with Crippen molar-refractivity contribution in [2.24, 2.45) is 5.92 Å². The van der Waals surface area contributed by atoms with Gasteiger partial charge in [0.1, 0.15) is 0 Å². The number of hydrogen-bond donors (Lipinski definition) is 1. The van der Waals surface area contributed by atoms with Gasteiger partial charge in [0.2, 0.25) is 0 Å². The van der Waals surface area contributed by atoms with Crippen LogP contribution in [0.15, 0.2) is 30.3 Å². The Bertz CT molecular complexity index is 255. The van der Waals surface area contributed by atoms with E-state index in [1.165, 1.54) is 5.56 Å². The van der Waals surface area contributed by atoms with E-state index in [0.29, 0.717) is 5.92 Å². The number of hydrogen-bond acceptors (Lipinski definition) is 1. The van der Waals surface area contributed by atoms with Crippen molar-refractivity contribution in [1.82, 2.24) is 0 Å². The number of aliphatic hydroxyl groups excluding tert-OH is 1. The summed E-state index contributed by atoms with van der Waals surface area (Å²) in [7, 11) is 0. The maximum Gasteiger partial charge on any atom is 0.0568 e. The first-order valence-electron chi connectivity index (χ1n) is 5.96. The third-order valence-corrected chi connectivity index (χ3v) is 2.97. The summed E-state index contributed by atoms with van der Waals surface area (Å²) in [5.41, 5.74) is 1.32. The SMILES string of the molecule is CCCC(C)C(O)CCc1ccccc1. The van der Waals surface area contributed by atoms with Gasteiger partial charge in [-0.3, -0.25) is 0 Å². The van der Waals surface area contributed by atoms with E-state index in [4.69, 9.17) is 0 Å². The fraction of sp³-hybridized carbons (Fsp3) is 0.571. The average molecular weight is 206 g/mol. The zero-order valence-electron chi connectivity index (χ0n) is 9.82. The van der Waals surface area contributed by atoms with Crippen molar-refractivity contribution in [2.45, 2.75) is 45.6 Å². The van der Waals surface area contributed by atoms with Gasteiger partial charge in [-0.15, -0.1) is 0 Å². The summed E-state index contributed by atoms with van der Waals surface area (Å²) < 4.78 is 0. The minimum absolute atomic E-state index is 0.148. The summed E-state index contributed by atoms with van der Waals surface area (Å²) in [5.74, 6) is 0.429. The van der Waals surface area contributed by atoms with Crippen LogP contribution < -0.4 is 0 Å². The second-order valence-electron chi connectivity index (χ2n) is 4.36. The molecule has 0 amide bonds. The Morgan fingerprint density at radius 1 is 1.13 bits per heavy atom. The van der Waals surface area contributed by atoms with Crippen molar-refractivity contribution in [2.75, 3.05) is 0 Å². The predicted molar refractivity (Wildman–Crippen MR) is 64.8 cm³/mol. The highest BCUT2D eigenvalue weighted by Gasteiger charge is 2.12. The van der Waals surface area contributed by atoms with E-state index in [1.54, 1.807) is 0 Å². The monoisotopic (exact) mass is 206 g/mol. The fourth-order valence-corrected chi connectivity index (χ4v) is 1.89. The third-order valence-electron chi connectivity index (χ3n) is 2.97. The maximum absolute atomic E-state index is 9.91. The Balaban J connectivity index is 2.31. The Morgan fingerprint density at radius 2 is 1.80 bits per heavy atom. The van der Waals surface area contributed by atoms with Crippen LogP contribution in [0.3, 0.4) is 0 Å². The topological polar surface area (TPSA) is 20.2 Å². The summed E-state index contributed by atoms with van der Waals surface area (Å²) in [5, 5.41) is 9.91. The van der Waals surface area contributed by atoms with E-state index in [0.717, 1.165) is 25.7 Å². The zero-order chi connectivity index (χ0) is 11.1. The zero-order valence-corrected chi connectivity index (χ0v) is 9.82. The molecule has 0 spiro atoms. The van der Waals surface area contributed by atoms with Gasteiger partial charge in [0.05, 0.1) is 6.10 Å².